The van der Waals surface area contributed by atoms with Gasteiger partial charge in [0.2, 0.25) is 0 Å². The van der Waals surface area contributed by atoms with Crippen LogP contribution in [0.5, 0.6) is 0 Å². The molecule has 0 bridgehead atoms. The number of aromatic amines is 2. The summed E-state index contributed by atoms with van der Waals surface area (Å²) in [5.74, 6) is 9.10. The standard InChI is InChI=1S/C19H26N6S.C18H23ClN6S.C17H15Cl2N5S.C17H16ClN5S.C16H15ClN6S/c1-12(2)21-8-5-9-25-11-22-17(20)16-18(25)24-19(23-16)26-15-7-6-13(3)10-14(15)4;1-11(2)21-5-4-6-25-10-22-16(20)15-17(25)24-18(23-15)26-14-8-12(3)7-13(19)9-14;1-3-5-12(4-2)24-16-14(15(20)21-9-22-16)23-17(24)25-13-7-10(18)6-11(19)8-13;1-3-4-5-6-23-16-14(15(19)20-10-21-16)22-17(23)24-13-8-11(2)7-12(18)9-13;1-3-4-5-6-23-15-13(14(18)19-9-20-15)22-16(23)24-11-7-10(2)21-12(17)8-11/h6-7,10-12,20-21H,5,8-9H2,1-4H3,(H,23,24);7-11,20-21H,4-6H2,1-3H3,(H,23,24);1,6-9,12H,4-5H2,2H3,(H2,20,21,22);1,7-10H,4-6H2,2H3,(H2,19,20,21);1,7-9H,4-6H2,2H3,(H2,18,19,20). The Bertz CT molecular complexity index is 6320. The van der Waals surface area contributed by atoms with Crippen molar-refractivity contribution in [3.8, 4) is 37.0 Å². The normalized spacial score (nSPS) is 11.4. The second-order valence-electron chi connectivity index (χ2n) is 29.3. The number of benzene rings is 4. The molecule has 15 rings (SSSR count). The number of unbranched alkanes of at least 4 members (excludes halogenated alkanes) is 2. The summed E-state index contributed by atoms with van der Waals surface area (Å²) in [5, 5.41) is 29.8. The van der Waals surface area contributed by atoms with Gasteiger partial charge in [-0.1, -0.05) is 169 Å². The summed E-state index contributed by atoms with van der Waals surface area (Å²) in [6.45, 7) is 25.7. The van der Waals surface area contributed by atoms with E-state index in [9.17, 15) is 0 Å². The molecule has 0 aliphatic carbocycles. The summed E-state index contributed by atoms with van der Waals surface area (Å²) in [6.07, 6.45) is 30.4. The van der Waals surface area contributed by atoms with Gasteiger partial charge in [0.15, 0.2) is 99.0 Å². The monoisotopic (exact) mass is 1870 g/mol. The zero-order valence-corrected chi connectivity index (χ0v) is 78.4. The van der Waals surface area contributed by atoms with Gasteiger partial charge in [-0.2, -0.15) is 0 Å². The van der Waals surface area contributed by atoms with Crippen molar-refractivity contribution in [1.82, 2.24) is 113 Å². The lowest BCUT2D eigenvalue weighted by atomic mass is 10.1. The quantitative estimate of drug-likeness (QED) is 0.0119. The van der Waals surface area contributed by atoms with E-state index in [1.807, 2.05) is 86.1 Å². The van der Waals surface area contributed by atoms with Crippen molar-refractivity contribution in [3.05, 3.63) is 181 Å². The lowest BCUT2D eigenvalue weighted by Crippen LogP contribution is -2.24. The zero-order chi connectivity index (χ0) is 89.5. The third-order valence-corrected chi connectivity index (χ3v) is 24.4. The maximum atomic E-state index is 8.08. The average Bonchev–Trinajstić information content (AvgIpc) is 1.64. The van der Waals surface area contributed by atoms with Crippen LogP contribution in [0.15, 0.2) is 167 Å². The molecule has 0 saturated heterocycles. The van der Waals surface area contributed by atoms with E-state index in [1.165, 1.54) is 82.1 Å². The number of H-pyrrole nitrogens is 2. The highest BCUT2D eigenvalue weighted by molar-refractivity contribution is 8.00. The topological polar surface area (TPSA) is 387 Å². The van der Waals surface area contributed by atoms with Crippen molar-refractivity contribution in [1.29, 1.82) is 10.8 Å². The predicted octanol–water partition coefficient (Wildman–Crippen LogP) is 19.2. The summed E-state index contributed by atoms with van der Waals surface area (Å²) in [5.41, 5.74) is 30.6. The van der Waals surface area contributed by atoms with Crippen LogP contribution in [0.3, 0.4) is 0 Å². The van der Waals surface area contributed by atoms with Crippen molar-refractivity contribution in [2.45, 2.75) is 215 Å². The molecule has 0 aliphatic heterocycles. The lowest BCUT2D eigenvalue weighted by molar-refractivity contribution is 0.473. The first kappa shape index (κ1) is 95.2. The van der Waals surface area contributed by atoms with E-state index in [0.29, 0.717) is 119 Å². The highest BCUT2D eigenvalue weighted by Gasteiger charge is 2.24. The minimum absolute atomic E-state index is 0.0569. The molecule has 125 heavy (non-hydrogen) atoms. The summed E-state index contributed by atoms with van der Waals surface area (Å²) in [7, 11) is 0. The van der Waals surface area contributed by atoms with E-state index >= 15 is 0 Å². The maximum Gasteiger partial charge on any atom is 0.175 e. The highest BCUT2D eigenvalue weighted by Crippen LogP contribution is 2.40. The molecule has 12 N–H and O–H groups in total. The maximum absolute atomic E-state index is 8.08. The third kappa shape index (κ3) is 26.4. The SMILES string of the molecule is C#CCC(CC)n1c(Sc2cc(Cl)cc(Cl)c2)nc2c(N)ncnc21.C#CCCCn1c(Sc2cc(C)cc(Cl)c2)nc2c(N)ncnc21.C#CCCCn1c(Sc2cc(C)nc(Cl)c2)nc2c(N)ncnc21.Cc1cc(Cl)cc(Sc2nc3c([nH]2)c(=N)ncn3CCCNC(C)C)c1.Cc1ccc(Sc2nc3c([nH]2)c(=N)ncn3CCCNC(C)C)c(C)c1. The van der Waals surface area contributed by atoms with Crippen LogP contribution in [0.2, 0.25) is 25.2 Å². The second-order valence-corrected chi connectivity index (χ2v) is 36.6. The van der Waals surface area contributed by atoms with Gasteiger partial charge >= 0.3 is 0 Å². The van der Waals surface area contributed by atoms with Gasteiger partial charge in [0.1, 0.15) is 35.2 Å². The van der Waals surface area contributed by atoms with Crippen LogP contribution in [-0.2, 0) is 26.2 Å². The Morgan fingerprint density at radius 2 is 0.896 bits per heavy atom. The van der Waals surface area contributed by atoms with Gasteiger partial charge in [0, 0.05) is 114 Å². The number of aryl methyl sites for hydroxylation is 9. The van der Waals surface area contributed by atoms with Gasteiger partial charge in [-0.05, 0) is 169 Å². The Labute approximate surface area is 771 Å². The predicted molar refractivity (Wildman–Crippen MR) is 508 cm³/mol. The molecular weight excluding hydrogens is 1770 g/mol. The van der Waals surface area contributed by atoms with Crippen molar-refractivity contribution >= 4 is 190 Å². The number of rotatable bonds is 29. The third-order valence-electron chi connectivity index (χ3n) is 18.5. The fourth-order valence-electron chi connectivity index (χ4n) is 12.8. The number of nitrogens with zero attached hydrogens (tertiary/aromatic N) is 19. The van der Waals surface area contributed by atoms with E-state index in [1.54, 1.807) is 36.5 Å². The minimum atomic E-state index is 0.0569. The minimum Gasteiger partial charge on any atom is -0.382 e. The van der Waals surface area contributed by atoms with Gasteiger partial charge in [-0.15, -0.1) is 37.0 Å². The van der Waals surface area contributed by atoms with E-state index < -0.39 is 0 Å². The fraction of sp³-hybridized carbons (Fsp3) is 0.310. The number of aromatic nitrogens is 21. The summed E-state index contributed by atoms with van der Waals surface area (Å²) in [6, 6.07) is 28.3. The molecule has 0 fully saturated rings. The number of nitrogens with two attached hydrogens (primary N) is 3. The largest absolute Gasteiger partial charge is 0.382 e. The molecule has 648 valence electrons. The van der Waals surface area contributed by atoms with Crippen LogP contribution in [-0.4, -0.2) is 128 Å². The van der Waals surface area contributed by atoms with Gasteiger partial charge in [0.05, 0.1) is 12.7 Å². The number of anilines is 3. The molecule has 0 radical (unpaired) electrons. The van der Waals surface area contributed by atoms with Gasteiger partial charge < -0.3 is 56.1 Å². The summed E-state index contributed by atoms with van der Waals surface area (Å²) >= 11 is 38.1. The average molecular weight is 1870 g/mol. The second kappa shape index (κ2) is 45.6. The van der Waals surface area contributed by atoms with E-state index in [4.69, 9.17) is 110 Å². The Morgan fingerprint density at radius 1 is 0.456 bits per heavy atom. The molecule has 1 unspecified atom stereocenters. The van der Waals surface area contributed by atoms with Crippen LogP contribution in [0, 0.1) is 82.5 Å². The molecule has 0 spiro atoms. The number of pyridine rings is 1. The number of fused-ring (bicyclic) bond motifs is 5. The first-order chi connectivity index (χ1) is 60.0. The van der Waals surface area contributed by atoms with Crippen molar-refractivity contribution in [2.24, 2.45) is 0 Å². The molecule has 4 aromatic carbocycles. The fourth-order valence-corrected chi connectivity index (χ4v) is 19.4. The first-order valence-corrected chi connectivity index (χ1v) is 45.8. The Hall–Kier alpha value is -10.4. The van der Waals surface area contributed by atoms with E-state index in [2.05, 4.69) is 182 Å². The molecule has 38 heteroatoms. The number of hydrogen-bond acceptors (Lipinski definition) is 26. The Kier molecular flexibility index (Phi) is 34.8. The molecule has 0 saturated carbocycles. The van der Waals surface area contributed by atoms with Crippen LogP contribution in [0.1, 0.15) is 120 Å². The Balaban J connectivity index is 0.000000152. The number of terminal acetylenes is 3. The number of nitrogens with one attached hydrogen (secondary N) is 6. The number of hydrogen-bond donors (Lipinski definition) is 9. The lowest BCUT2D eigenvalue weighted by Gasteiger charge is -2.17. The Morgan fingerprint density at radius 3 is 1.35 bits per heavy atom. The van der Waals surface area contributed by atoms with Crippen LogP contribution in [0.4, 0.5) is 17.5 Å². The highest BCUT2D eigenvalue weighted by atomic mass is 35.5. The van der Waals surface area contributed by atoms with Crippen LogP contribution in [0.25, 0.3) is 55.8 Å². The molecule has 0 aliphatic rings. The molecule has 11 aromatic heterocycles. The van der Waals surface area contributed by atoms with Crippen LogP contribution < -0.4 is 38.8 Å². The summed E-state index contributed by atoms with van der Waals surface area (Å²) < 4.78 is 10.1. The zero-order valence-electron chi connectivity index (χ0n) is 70.5. The molecule has 28 nitrogen and oxygen atoms in total. The molecule has 11 heterocycles. The number of imidazole rings is 5. The van der Waals surface area contributed by atoms with E-state index in [0.717, 1.165) is 144 Å². The molecule has 1 atom stereocenters. The van der Waals surface area contributed by atoms with Crippen molar-refractivity contribution < 1.29 is 0 Å². The van der Waals surface area contributed by atoms with Gasteiger partial charge in [-0.3, -0.25) is 15.4 Å². The number of halogens is 5. The van der Waals surface area contributed by atoms with Crippen molar-refractivity contribution in [2.75, 3.05) is 30.3 Å². The molecule has 15 aromatic rings. The summed E-state index contributed by atoms with van der Waals surface area (Å²) in [4.78, 5) is 72.4. The molecular formula is C87H95Cl5N28S5. The molecule has 0 amide bonds. The van der Waals surface area contributed by atoms with Gasteiger partial charge in [-0.25, -0.2) is 69.8 Å². The van der Waals surface area contributed by atoms with E-state index in [-0.39, 0.29) is 17.0 Å². The van der Waals surface area contributed by atoms with Crippen LogP contribution >= 0.6 is 117 Å². The van der Waals surface area contributed by atoms with Crippen molar-refractivity contribution in [3.63, 3.8) is 0 Å². The smallest absolute Gasteiger partial charge is 0.175 e. The number of nitrogen functional groups attached to an aromatic ring is 3. The first-order valence-electron chi connectivity index (χ1n) is 39.9. The van der Waals surface area contributed by atoms with Gasteiger partial charge in [0.25, 0.3) is 0 Å².